The fourth-order valence-electron chi connectivity index (χ4n) is 1.11. The zero-order chi connectivity index (χ0) is 10.4. The van der Waals surface area contributed by atoms with Crippen molar-refractivity contribution in [2.24, 2.45) is 0 Å². The second-order valence-corrected chi connectivity index (χ2v) is 3.24. The molecule has 0 amide bonds. The minimum absolute atomic E-state index is 0.0930. The van der Waals surface area contributed by atoms with Crippen LogP contribution >= 0.6 is 0 Å². The Bertz CT molecular complexity index is 332. The van der Waals surface area contributed by atoms with Gasteiger partial charge in [-0.25, -0.2) is 0 Å². The number of nitrogens with one attached hydrogen (secondary N) is 1. The van der Waals surface area contributed by atoms with Gasteiger partial charge in [-0.1, -0.05) is 42.8 Å². The van der Waals surface area contributed by atoms with E-state index in [4.69, 9.17) is 6.42 Å². The van der Waals surface area contributed by atoms with E-state index in [9.17, 15) is 0 Å². The van der Waals surface area contributed by atoms with Crippen LogP contribution in [0.5, 0.6) is 0 Å². The SMILES string of the molecule is C#CC(C)NCC(=C)c1ccccc1. The lowest BCUT2D eigenvalue weighted by molar-refractivity contribution is 0.710. The molecule has 0 spiro atoms. The molecule has 0 heterocycles. The second-order valence-electron chi connectivity index (χ2n) is 3.24. The number of rotatable bonds is 4. The molecule has 1 unspecified atom stereocenters. The molecule has 0 aliphatic carbocycles. The number of terminal acetylenes is 1. The van der Waals surface area contributed by atoms with Crippen molar-refractivity contribution in [2.45, 2.75) is 13.0 Å². The Morgan fingerprint density at radius 3 is 2.71 bits per heavy atom. The van der Waals surface area contributed by atoms with E-state index in [-0.39, 0.29) is 6.04 Å². The number of hydrogen-bond donors (Lipinski definition) is 1. The van der Waals surface area contributed by atoms with Crippen molar-refractivity contribution in [3.05, 3.63) is 42.5 Å². The van der Waals surface area contributed by atoms with Gasteiger partial charge in [-0.05, 0) is 18.1 Å². The molecule has 1 N–H and O–H groups in total. The Balaban J connectivity index is 2.49. The number of benzene rings is 1. The van der Waals surface area contributed by atoms with Gasteiger partial charge in [-0.3, -0.25) is 5.32 Å². The molecule has 1 aromatic rings. The predicted octanol–water partition coefficient (Wildman–Crippen LogP) is 2.31. The zero-order valence-corrected chi connectivity index (χ0v) is 8.46. The third kappa shape index (κ3) is 3.08. The lowest BCUT2D eigenvalue weighted by Gasteiger charge is -2.09. The molecule has 1 rings (SSSR count). The van der Waals surface area contributed by atoms with Crippen molar-refractivity contribution in [1.29, 1.82) is 0 Å². The van der Waals surface area contributed by atoms with Crippen LogP contribution in [0.15, 0.2) is 36.9 Å². The first-order valence-electron chi connectivity index (χ1n) is 4.66. The van der Waals surface area contributed by atoms with Gasteiger partial charge in [0.15, 0.2) is 0 Å². The van der Waals surface area contributed by atoms with Crippen LogP contribution in [-0.4, -0.2) is 12.6 Å². The van der Waals surface area contributed by atoms with Gasteiger partial charge in [0, 0.05) is 6.54 Å². The van der Waals surface area contributed by atoms with Gasteiger partial charge in [0.05, 0.1) is 6.04 Å². The maximum atomic E-state index is 5.25. The molecule has 0 aliphatic heterocycles. The van der Waals surface area contributed by atoms with E-state index in [1.165, 1.54) is 0 Å². The highest BCUT2D eigenvalue weighted by molar-refractivity contribution is 5.64. The van der Waals surface area contributed by atoms with E-state index in [1.807, 2.05) is 37.3 Å². The zero-order valence-electron chi connectivity index (χ0n) is 8.46. The van der Waals surface area contributed by atoms with Gasteiger partial charge in [-0.2, -0.15) is 0 Å². The summed E-state index contributed by atoms with van der Waals surface area (Å²) in [5.41, 5.74) is 2.22. The summed E-state index contributed by atoms with van der Waals surface area (Å²) < 4.78 is 0. The van der Waals surface area contributed by atoms with E-state index in [2.05, 4.69) is 17.8 Å². The van der Waals surface area contributed by atoms with Gasteiger partial charge < -0.3 is 0 Å². The highest BCUT2D eigenvalue weighted by atomic mass is 14.9. The largest absolute Gasteiger partial charge is 0.300 e. The lowest BCUT2D eigenvalue weighted by Crippen LogP contribution is -2.25. The van der Waals surface area contributed by atoms with E-state index in [0.29, 0.717) is 0 Å². The molecular weight excluding hydrogens is 170 g/mol. The molecule has 0 fully saturated rings. The van der Waals surface area contributed by atoms with Gasteiger partial charge in [-0.15, -0.1) is 6.42 Å². The van der Waals surface area contributed by atoms with Gasteiger partial charge in [0.1, 0.15) is 0 Å². The molecule has 14 heavy (non-hydrogen) atoms. The third-order valence-corrected chi connectivity index (χ3v) is 2.05. The molecule has 0 aromatic heterocycles. The Hall–Kier alpha value is -1.52. The van der Waals surface area contributed by atoms with Crippen molar-refractivity contribution in [2.75, 3.05) is 6.54 Å². The van der Waals surface area contributed by atoms with Crippen molar-refractivity contribution in [3.63, 3.8) is 0 Å². The van der Waals surface area contributed by atoms with E-state index >= 15 is 0 Å². The van der Waals surface area contributed by atoms with Crippen LogP contribution in [0, 0.1) is 12.3 Å². The molecule has 0 radical (unpaired) electrons. The predicted molar refractivity (Wildman–Crippen MR) is 61.8 cm³/mol. The maximum absolute atomic E-state index is 5.25. The van der Waals surface area contributed by atoms with Crippen molar-refractivity contribution < 1.29 is 0 Å². The quantitative estimate of drug-likeness (QED) is 0.710. The molecule has 1 aromatic carbocycles. The van der Waals surface area contributed by atoms with Crippen LogP contribution in [0.2, 0.25) is 0 Å². The summed E-state index contributed by atoms with van der Waals surface area (Å²) in [6.07, 6.45) is 5.25. The summed E-state index contributed by atoms with van der Waals surface area (Å²) >= 11 is 0. The minimum atomic E-state index is 0.0930. The Morgan fingerprint density at radius 2 is 2.14 bits per heavy atom. The highest BCUT2D eigenvalue weighted by Crippen LogP contribution is 2.09. The van der Waals surface area contributed by atoms with Crippen molar-refractivity contribution in [1.82, 2.24) is 5.32 Å². The Kier molecular flexibility index (Phi) is 3.97. The summed E-state index contributed by atoms with van der Waals surface area (Å²) in [5.74, 6) is 2.62. The van der Waals surface area contributed by atoms with E-state index < -0.39 is 0 Å². The lowest BCUT2D eigenvalue weighted by atomic mass is 10.1. The third-order valence-electron chi connectivity index (χ3n) is 2.05. The monoisotopic (exact) mass is 185 g/mol. The molecule has 1 heteroatoms. The molecule has 1 nitrogen and oxygen atoms in total. The smallest absolute Gasteiger partial charge is 0.0660 e. The molecule has 0 saturated carbocycles. The summed E-state index contributed by atoms with van der Waals surface area (Å²) in [4.78, 5) is 0. The molecule has 0 aliphatic rings. The van der Waals surface area contributed by atoms with Crippen molar-refractivity contribution >= 4 is 5.57 Å². The fraction of sp³-hybridized carbons (Fsp3) is 0.231. The van der Waals surface area contributed by atoms with Gasteiger partial charge >= 0.3 is 0 Å². The normalized spacial score (nSPS) is 11.7. The van der Waals surface area contributed by atoms with Crippen LogP contribution in [0.25, 0.3) is 5.57 Å². The molecule has 0 bridgehead atoms. The van der Waals surface area contributed by atoms with E-state index in [1.54, 1.807) is 0 Å². The van der Waals surface area contributed by atoms with E-state index in [0.717, 1.165) is 17.7 Å². The minimum Gasteiger partial charge on any atom is -0.300 e. The van der Waals surface area contributed by atoms with Crippen LogP contribution in [0.4, 0.5) is 0 Å². The Morgan fingerprint density at radius 1 is 1.50 bits per heavy atom. The summed E-state index contributed by atoms with van der Waals surface area (Å²) in [6, 6.07) is 10.2. The van der Waals surface area contributed by atoms with Crippen LogP contribution in [0.3, 0.4) is 0 Å². The average molecular weight is 185 g/mol. The summed E-state index contributed by atoms with van der Waals surface area (Å²) in [5, 5.41) is 3.19. The van der Waals surface area contributed by atoms with Crippen LogP contribution in [-0.2, 0) is 0 Å². The first-order valence-corrected chi connectivity index (χ1v) is 4.66. The number of hydrogen-bond acceptors (Lipinski definition) is 1. The topological polar surface area (TPSA) is 12.0 Å². The standard InChI is InChI=1S/C13H15N/c1-4-12(3)14-10-11(2)13-8-6-5-7-9-13/h1,5-9,12,14H,2,10H2,3H3. The van der Waals surface area contributed by atoms with Gasteiger partial charge in [0.25, 0.3) is 0 Å². The van der Waals surface area contributed by atoms with Gasteiger partial charge in [0.2, 0.25) is 0 Å². The Labute approximate surface area is 85.8 Å². The molecule has 72 valence electrons. The summed E-state index contributed by atoms with van der Waals surface area (Å²) in [7, 11) is 0. The molecule has 1 atom stereocenters. The highest BCUT2D eigenvalue weighted by Gasteiger charge is 1.99. The molecular formula is C13H15N. The van der Waals surface area contributed by atoms with Crippen LogP contribution < -0.4 is 5.32 Å². The molecule has 0 saturated heterocycles. The fourth-order valence-corrected chi connectivity index (χ4v) is 1.11. The van der Waals surface area contributed by atoms with Crippen LogP contribution in [0.1, 0.15) is 12.5 Å². The second kappa shape index (κ2) is 5.26. The average Bonchev–Trinajstić information content (AvgIpc) is 2.26. The first-order chi connectivity index (χ1) is 6.74. The summed E-state index contributed by atoms with van der Waals surface area (Å²) in [6.45, 7) is 6.69. The maximum Gasteiger partial charge on any atom is 0.0660 e. The first kappa shape index (κ1) is 10.6. The van der Waals surface area contributed by atoms with Crippen molar-refractivity contribution in [3.8, 4) is 12.3 Å².